The highest BCUT2D eigenvalue weighted by Gasteiger charge is 2.25. The predicted octanol–water partition coefficient (Wildman–Crippen LogP) is 3.07. The summed E-state index contributed by atoms with van der Waals surface area (Å²) < 4.78 is 10.8. The molecule has 6 nitrogen and oxygen atoms in total. The number of para-hydroxylation sites is 1. The van der Waals surface area contributed by atoms with Crippen LogP contribution in [0.5, 0.6) is 5.75 Å². The van der Waals surface area contributed by atoms with E-state index in [0.29, 0.717) is 24.3 Å². The lowest BCUT2D eigenvalue weighted by atomic mass is 9.90. The summed E-state index contributed by atoms with van der Waals surface area (Å²) in [5, 5.41) is 6.08. The van der Waals surface area contributed by atoms with Crippen LogP contribution in [0.1, 0.15) is 41.6 Å². The van der Waals surface area contributed by atoms with E-state index in [4.69, 9.17) is 9.47 Å². The molecule has 0 bridgehead atoms. The lowest BCUT2D eigenvalue weighted by Gasteiger charge is -2.30. The van der Waals surface area contributed by atoms with Crippen LogP contribution in [0, 0.1) is 0 Å². The second-order valence-electron chi connectivity index (χ2n) is 7.30. The van der Waals surface area contributed by atoms with Crippen LogP contribution in [0.15, 0.2) is 54.6 Å². The number of carbonyl (C=O) groups excluding carboxylic acids is 2. The minimum atomic E-state index is -0.150. The Balaban J connectivity index is 1.58. The van der Waals surface area contributed by atoms with E-state index < -0.39 is 0 Å². The first-order chi connectivity index (χ1) is 14.2. The highest BCUT2D eigenvalue weighted by molar-refractivity contribution is 5.97. The van der Waals surface area contributed by atoms with Crippen LogP contribution in [0.2, 0.25) is 0 Å². The molecule has 2 aromatic rings. The van der Waals surface area contributed by atoms with Crippen LogP contribution in [0.4, 0.5) is 0 Å². The van der Waals surface area contributed by atoms with E-state index in [-0.39, 0.29) is 30.5 Å². The van der Waals surface area contributed by atoms with Gasteiger partial charge in [-0.1, -0.05) is 42.5 Å². The number of benzene rings is 2. The predicted molar refractivity (Wildman–Crippen MR) is 111 cm³/mol. The first-order valence-electron chi connectivity index (χ1n) is 10.0. The average Bonchev–Trinajstić information content (AvgIpc) is 2.73. The third kappa shape index (κ3) is 6.32. The molecule has 0 aromatic heterocycles. The molecule has 0 spiro atoms. The second-order valence-corrected chi connectivity index (χ2v) is 7.30. The maximum atomic E-state index is 12.9. The Morgan fingerprint density at radius 1 is 0.966 bits per heavy atom. The molecule has 154 valence electrons. The number of hydrogen-bond donors (Lipinski definition) is 2. The normalized spacial score (nSPS) is 18.7. The van der Waals surface area contributed by atoms with E-state index in [2.05, 4.69) is 10.6 Å². The van der Waals surface area contributed by atoms with Gasteiger partial charge in [0.15, 0.2) is 0 Å². The highest BCUT2D eigenvalue weighted by atomic mass is 16.5. The summed E-state index contributed by atoms with van der Waals surface area (Å²) in [6.45, 7) is 0.460. The van der Waals surface area contributed by atoms with Gasteiger partial charge in [-0.3, -0.25) is 9.59 Å². The van der Waals surface area contributed by atoms with Crippen molar-refractivity contribution in [3.63, 3.8) is 0 Å². The number of methoxy groups -OCH3 is 1. The third-order valence-corrected chi connectivity index (χ3v) is 5.02. The second kappa shape index (κ2) is 10.6. The molecule has 0 unspecified atom stereocenters. The lowest BCUT2D eigenvalue weighted by Crippen LogP contribution is -2.46. The van der Waals surface area contributed by atoms with Gasteiger partial charge in [-0.05, 0) is 43.4 Å². The molecule has 2 atom stereocenters. The van der Waals surface area contributed by atoms with Crippen LogP contribution >= 0.6 is 0 Å². The molecule has 2 N–H and O–H groups in total. The molecule has 1 saturated carbocycles. The van der Waals surface area contributed by atoms with Crippen molar-refractivity contribution in [1.82, 2.24) is 10.6 Å². The smallest absolute Gasteiger partial charge is 0.255 e. The minimum absolute atomic E-state index is 0.0197. The SMILES string of the molecule is COCC(=O)N[C@@H]1CCC[C@@H](NC(=O)c2ccccc2OCc2ccccc2)C1. The number of hydrogen-bond acceptors (Lipinski definition) is 4. The van der Waals surface area contributed by atoms with Crippen LogP contribution < -0.4 is 15.4 Å². The molecule has 1 fully saturated rings. The standard InChI is InChI=1S/C23H28N2O4/c1-28-16-22(26)24-18-10-7-11-19(14-18)25-23(27)20-12-5-6-13-21(20)29-15-17-8-3-2-4-9-17/h2-6,8-9,12-13,18-19H,7,10-11,14-16H2,1H3,(H,24,26)(H,25,27)/t18-,19-/m1/s1. The Morgan fingerprint density at radius 3 is 2.41 bits per heavy atom. The number of ether oxygens (including phenoxy) is 2. The van der Waals surface area contributed by atoms with Crippen LogP contribution in [0.25, 0.3) is 0 Å². The van der Waals surface area contributed by atoms with Crippen molar-refractivity contribution in [1.29, 1.82) is 0 Å². The summed E-state index contributed by atoms with van der Waals surface area (Å²) in [6, 6.07) is 17.2. The van der Waals surface area contributed by atoms with Gasteiger partial charge in [0, 0.05) is 19.2 Å². The van der Waals surface area contributed by atoms with Crippen LogP contribution in [-0.2, 0) is 16.1 Å². The van der Waals surface area contributed by atoms with E-state index >= 15 is 0 Å². The van der Waals surface area contributed by atoms with Gasteiger partial charge in [0.2, 0.25) is 5.91 Å². The van der Waals surface area contributed by atoms with Gasteiger partial charge in [-0.25, -0.2) is 0 Å². The summed E-state index contributed by atoms with van der Waals surface area (Å²) in [5.74, 6) is 0.293. The Labute approximate surface area is 171 Å². The monoisotopic (exact) mass is 396 g/mol. The Hall–Kier alpha value is -2.86. The van der Waals surface area contributed by atoms with Crippen LogP contribution in [-0.4, -0.2) is 37.6 Å². The molecule has 0 saturated heterocycles. The van der Waals surface area contributed by atoms with Crippen molar-refractivity contribution >= 4 is 11.8 Å². The average molecular weight is 396 g/mol. The molecule has 1 aliphatic carbocycles. The largest absolute Gasteiger partial charge is 0.488 e. The Kier molecular flexibility index (Phi) is 7.64. The summed E-state index contributed by atoms with van der Waals surface area (Å²) in [4.78, 5) is 24.6. The number of rotatable bonds is 8. The van der Waals surface area contributed by atoms with E-state index in [1.165, 1.54) is 7.11 Å². The Morgan fingerprint density at radius 2 is 1.66 bits per heavy atom. The zero-order valence-corrected chi connectivity index (χ0v) is 16.7. The van der Waals surface area contributed by atoms with Gasteiger partial charge in [-0.15, -0.1) is 0 Å². The van der Waals surface area contributed by atoms with Gasteiger partial charge in [0.05, 0.1) is 5.56 Å². The molecule has 0 aliphatic heterocycles. The maximum Gasteiger partial charge on any atom is 0.255 e. The summed E-state index contributed by atoms with van der Waals surface area (Å²) in [6.07, 6.45) is 3.48. The fraction of sp³-hybridized carbons (Fsp3) is 0.391. The number of nitrogens with one attached hydrogen (secondary N) is 2. The molecule has 2 aromatic carbocycles. The quantitative estimate of drug-likeness (QED) is 0.719. The minimum Gasteiger partial charge on any atom is -0.488 e. The topological polar surface area (TPSA) is 76.7 Å². The van der Waals surface area contributed by atoms with E-state index in [1.54, 1.807) is 6.07 Å². The summed E-state index contributed by atoms with van der Waals surface area (Å²) in [5.41, 5.74) is 1.57. The number of amides is 2. The molecular formula is C23H28N2O4. The first kappa shape index (κ1) is 20.9. The molecule has 29 heavy (non-hydrogen) atoms. The van der Waals surface area contributed by atoms with Crippen LogP contribution in [0.3, 0.4) is 0 Å². The van der Waals surface area contributed by atoms with Crippen molar-refractivity contribution in [3.8, 4) is 5.75 Å². The third-order valence-electron chi connectivity index (χ3n) is 5.02. The highest BCUT2D eigenvalue weighted by Crippen LogP contribution is 2.22. The molecular weight excluding hydrogens is 368 g/mol. The summed E-state index contributed by atoms with van der Waals surface area (Å²) >= 11 is 0. The van der Waals surface area contributed by atoms with E-state index in [9.17, 15) is 9.59 Å². The fourth-order valence-corrected chi connectivity index (χ4v) is 3.63. The molecule has 2 amide bonds. The molecule has 1 aliphatic rings. The Bertz CT molecular complexity index is 810. The zero-order chi connectivity index (χ0) is 20.5. The fourth-order valence-electron chi connectivity index (χ4n) is 3.63. The molecule has 6 heteroatoms. The van der Waals surface area contributed by atoms with E-state index in [0.717, 1.165) is 24.8 Å². The van der Waals surface area contributed by atoms with Crippen molar-refractivity contribution < 1.29 is 19.1 Å². The molecule has 3 rings (SSSR count). The van der Waals surface area contributed by atoms with E-state index in [1.807, 2.05) is 48.5 Å². The van der Waals surface area contributed by atoms with Gasteiger partial charge in [0.1, 0.15) is 19.0 Å². The van der Waals surface area contributed by atoms with Gasteiger partial charge in [-0.2, -0.15) is 0 Å². The molecule has 0 radical (unpaired) electrons. The van der Waals surface area contributed by atoms with Gasteiger partial charge < -0.3 is 20.1 Å². The van der Waals surface area contributed by atoms with Crippen molar-refractivity contribution in [2.45, 2.75) is 44.4 Å². The van der Waals surface area contributed by atoms with Gasteiger partial charge >= 0.3 is 0 Å². The lowest BCUT2D eigenvalue weighted by molar-refractivity contribution is -0.125. The molecule has 0 heterocycles. The number of carbonyl (C=O) groups is 2. The zero-order valence-electron chi connectivity index (χ0n) is 16.7. The van der Waals surface area contributed by atoms with Crippen molar-refractivity contribution in [2.75, 3.05) is 13.7 Å². The van der Waals surface area contributed by atoms with Gasteiger partial charge in [0.25, 0.3) is 5.91 Å². The first-order valence-corrected chi connectivity index (χ1v) is 10.0. The van der Waals surface area contributed by atoms with Crippen molar-refractivity contribution in [2.24, 2.45) is 0 Å². The summed E-state index contributed by atoms with van der Waals surface area (Å²) in [7, 11) is 1.50. The van der Waals surface area contributed by atoms with Crippen molar-refractivity contribution in [3.05, 3.63) is 65.7 Å². The maximum absolute atomic E-state index is 12.9.